The van der Waals surface area contributed by atoms with Gasteiger partial charge in [0, 0.05) is 6.07 Å². The Kier molecular flexibility index (Phi) is 3.38. The summed E-state index contributed by atoms with van der Waals surface area (Å²) in [5.41, 5.74) is 1.45. The maximum atomic E-state index is 10.5. The van der Waals surface area contributed by atoms with E-state index in [1.54, 1.807) is 12.1 Å². The van der Waals surface area contributed by atoms with Gasteiger partial charge in [0.15, 0.2) is 5.75 Å². The van der Waals surface area contributed by atoms with Gasteiger partial charge >= 0.3 is 5.69 Å². The van der Waals surface area contributed by atoms with Crippen LogP contribution >= 0.6 is 0 Å². The van der Waals surface area contributed by atoms with Gasteiger partial charge in [-0.2, -0.15) is 0 Å². The van der Waals surface area contributed by atoms with Gasteiger partial charge in [0.25, 0.3) is 0 Å². The van der Waals surface area contributed by atoms with E-state index in [4.69, 9.17) is 0 Å². The molecule has 0 spiro atoms. The van der Waals surface area contributed by atoms with E-state index in [0.29, 0.717) is 5.56 Å². The van der Waals surface area contributed by atoms with Crippen LogP contribution in [0.4, 0.5) is 5.69 Å². The smallest absolute Gasteiger partial charge is 0.310 e. The number of nitrogens with zero attached hydrogens (tertiary/aromatic N) is 1. The third-order valence-corrected chi connectivity index (χ3v) is 2.46. The fraction of sp³-hybridized carbons (Fsp3) is 0. The van der Waals surface area contributed by atoms with E-state index < -0.39 is 4.92 Å². The number of nitro groups is 1. The molecule has 0 saturated carbocycles. The number of phenols is 1. The number of hydrogen-bond donors (Lipinski definition) is 1. The summed E-state index contributed by atoms with van der Waals surface area (Å²) in [6.07, 6.45) is 3.67. The van der Waals surface area contributed by atoms with Gasteiger partial charge < -0.3 is 5.11 Å². The molecule has 18 heavy (non-hydrogen) atoms. The van der Waals surface area contributed by atoms with Gasteiger partial charge in [-0.1, -0.05) is 42.5 Å². The first-order valence-electron chi connectivity index (χ1n) is 5.37. The van der Waals surface area contributed by atoms with Gasteiger partial charge in [-0.15, -0.1) is 0 Å². The highest BCUT2D eigenvalue weighted by Gasteiger charge is 2.11. The minimum Gasteiger partial charge on any atom is -0.502 e. The molecule has 2 rings (SSSR count). The van der Waals surface area contributed by atoms with Crippen LogP contribution in [0, 0.1) is 10.1 Å². The average Bonchev–Trinajstić information content (AvgIpc) is 2.37. The van der Waals surface area contributed by atoms with Gasteiger partial charge in [-0.25, -0.2) is 0 Å². The molecule has 0 aliphatic heterocycles. The van der Waals surface area contributed by atoms with E-state index in [0.717, 1.165) is 5.56 Å². The Morgan fingerprint density at radius 2 is 1.67 bits per heavy atom. The highest BCUT2D eigenvalue weighted by Crippen LogP contribution is 2.26. The summed E-state index contributed by atoms with van der Waals surface area (Å²) in [4.78, 5) is 9.93. The quantitative estimate of drug-likeness (QED) is 0.508. The van der Waals surface area contributed by atoms with Gasteiger partial charge in [-0.05, 0) is 23.3 Å². The van der Waals surface area contributed by atoms with E-state index in [1.165, 1.54) is 12.1 Å². The molecule has 0 aromatic heterocycles. The van der Waals surface area contributed by atoms with Crippen molar-refractivity contribution in [3.63, 3.8) is 0 Å². The minimum atomic E-state index is -0.611. The first-order valence-corrected chi connectivity index (χ1v) is 5.37. The highest BCUT2D eigenvalue weighted by atomic mass is 16.6. The van der Waals surface area contributed by atoms with Crippen LogP contribution in [0.5, 0.6) is 5.75 Å². The van der Waals surface area contributed by atoms with Gasteiger partial charge in [0.1, 0.15) is 0 Å². The van der Waals surface area contributed by atoms with Crippen molar-refractivity contribution >= 4 is 17.8 Å². The first kappa shape index (κ1) is 11.9. The fourth-order valence-corrected chi connectivity index (χ4v) is 1.56. The van der Waals surface area contributed by atoms with Crippen LogP contribution in [-0.2, 0) is 0 Å². The maximum absolute atomic E-state index is 10.5. The van der Waals surface area contributed by atoms with Crippen LogP contribution in [0.15, 0.2) is 48.5 Å². The number of hydrogen-bond acceptors (Lipinski definition) is 3. The Morgan fingerprint density at radius 1 is 1.00 bits per heavy atom. The second-order valence-electron chi connectivity index (χ2n) is 3.75. The maximum Gasteiger partial charge on any atom is 0.310 e. The van der Waals surface area contributed by atoms with E-state index in [1.807, 2.05) is 36.4 Å². The highest BCUT2D eigenvalue weighted by molar-refractivity contribution is 5.71. The molecule has 90 valence electrons. The number of benzene rings is 2. The molecule has 0 fully saturated rings. The molecule has 2 aromatic carbocycles. The Bertz CT molecular complexity index is 591. The minimum absolute atomic E-state index is 0.285. The van der Waals surface area contributed by atoms with Crippen molar-refractivity contribution in [1.29, 1.82) is 0 Å². The Labute approximate surface area is 104 Å². The van der Waals surface area contributed by atoms with Crippen LogP contribution in [0.2, 0.25) is 0 Å². The summed E-state index contributed by atoms with van der Waals surface area (Å²) >= 11 is 0. The molecular weight excluding hydrogens is 230 g/mol. The zero-order valence-electron chi connectivity index (χ0n) is 9.48. The number of rotatable bonds is 3. The molecule has 0 aliphatic carbocycles. The Morgan fingerprint density at radius 3 is 2.28 bits per heavy atom. The van der Waals surface area contributed by atoms with Crippen molar-refractivity contribution in [3.8, 4) is 5.75 Å². The van der Waals surface area contributed by atoms with Crippen molar-refractivity contribution in [3.05, 3.63) is 69.8 Å². The van der Waals surface area contributed by atoms with E-state index in [2.05, 4.69) is 0 Å². The lowest BCUT2D eigenvalue weighted by Gasteiger charge is -1.98. The Hall–Kier alpha value is -2.62. The second kappa shape index (κ2) is 5.14. The molecule has 1 N–H and O–H groups in total. The van der Waals surface area contributed by atoms with Gasteiger partial charge in [0.05, 0.1) is 4.92 Å². The first-order chi connectivity index (χ1) is 8.66. The van der Waals surface area contributed by atoms with Crippen molar-refractivity contribution in [2.75, 3.05) is 0 Å². The lowest BCUT2D eigenvalue weighted by Crippen LogP contribution is -1.88. The normalized spacial score (nSPS) is 10.7. The third-order valence-electron chi connectivity index (χ3n) is 2.46. The molecule has 0 bridgehead atoms. The van der Waals surface area contributed by atoms with Crippen LogP contribution in [0.3, 0.4) is 0 Å². The molecule has 4 heteroatoms. The topological polar surface area (TPSA) is 63.4 Å². The second-order valence-corrected chi connectivity index (χ2v) is 3.75. The predicted molar refractivity (Wildman–Crippen MR) is 70.1 cm³/mol. The largest absolute Gasteiger partial charge is 0.502 e. The fourth-order valence-electron chi connectivity index (χ4n) is 1.56. The molecule has 0 radical (unpaired) electrons. The zero-order valence-corrected chi connectivity index (χ0v) is 9.48. The summed E-state index contributed by atoms with van der Waals surface area (Å²) in [5.74, 6) is -0.324. The average molecular weight is 241 g/mol. The summed E-state index contributed by atoms with van der Waals surface area (Å²) < 4.78 is 0. The van der Waals surface area contributed by atoms with Crippen LogP contribution in [-0.4, -0.2) is 10.0 Å². The summed E-state index contributed by atoms with van der Waals surface area (Å²) in [6, 6.07) is 13.9. The summed E-state index contributed by atoms with van der Waals surface area (Å²) in [7, 11) is 0. The molecule has 4 nitrogen and oxygen atoms in total. The molecular formula is C14H11NO3. The number of nitro benzene ring substituents is 1. The molecule has 2 aromatic rings. The predicted octanol–water partition coefficient (Wildman–Crippen LogP) is 3.47. The standard InChI is InChI=1S/C14H11NO3/c16-14-10-12(8-9-13(14)15(17)18)7-6-11-4-2-1-3-5-11/h1-10,16H/b7-6+. The van der Waals surface area contributed by atoms with Gasteiger partial charge in [0.2, 0.25) is 0 Å². The molecule has 0 unspecified atom stereocenters. The summed E-state index contributed by atoms with van der Waals surface area (Å²) in [5, 5.41) is 20.0. The summed E-state index contributed by atoms with van der Waals surface area (Å²) in [6.45, 7) is 0. The van der Waals surface area contributed by atoms with E-state index in [-0.39, 0.29) is 11.4 Å². The molecule has 0 saturated heterocycles. The molecule has 0 aliphatic rings. The number of phenolic OH excluding ortho intramolecular Hbond substituents is 1. The van der Waals surface area contributed by atoms with Crippen LogP contribution in [0.25, 0.3) is 12.2 Å². The Balaban J connectivity index is 2.23. The molecule has 0 heterocycles. The van der Waals surface area contributed by atoms with Gasteiger partial charge in [-0.3, -0.25) is 10.1 Å². The monoisotopic (exact) mass is 241 g/mol. The van der Waals surface area contributed by atoms with E-state index >= 15 is 0 Å². The van der Waals surface area contributed by atoms with Crippen molar-refractivity contribution in [2.24, 2.45) is 0 Å². The number of aromatic hydroxyl groups is 1. The van der Waals surface area contributed by atoms with Crippen molar-refractivity contribution in [2.45, 2.75) is 0 Å². The van der Waals surface area contributed by atoms with Crippen molar-refractivity contribution in [1.82, 2.24) is 0 Å². The van der Waals surface area contributed by atoms with E-state index in [9.17, 15) is 15.2 Å². The van der Waals surface area contributed by atoms with Crippen LogP contribution in [0.1, 0.15) is 11.1 Å². The molecule has 0 atom stereocenters. The lowest BCUT2D eigenvalue weighted by molar-refractivity contribution is -0.385. The van der Waals surface area contributed by atoms with Crippen molar-refractivity contribution < 1.29 is 10.0 Å². The third kappa shape index (κ3) is 2.74. The SMILES string of the molecule is O=[N+]([O-])c1ccc(/C=C/c2ccccc2)cc1O. The molecule has 0 amide bonds. The zero-order chi connectivity index (χ0) is 13.0. The lowest BCUT2D eigenvalue weighted by atomic mass is 10.1. The van der Waals surface area contributed by atoms with Crippen LogP contribution < -0.4 is 0 Å².